The summed E-state index contributed by atoms with van der Waals surface area (Å²) in [5, 5.41) is 9.22. The third kappa shape index (κ3) is 4.93. The van der Waals surface area contributed by atoms with E-state index in [4.69, 9.17) is 9.47 Å². The first-order valence-corrected chi connectivity index (χ1v) is 11.4. The molecule has 1 N–H and O–H groups in total. The average Bonchev–Trinajstić information content (AvgIpc) is 2.86. The highest BCUT2D eigenvalue weighted by atomic mass is 16.5. The standard InChI is InChI=1S/C24H29N5O6/c1-16-14-26(24(32)33)10-11-27(16)21-7-5-18(13-25-21)28-9-8-22(30)29(23(28)31)15-17-4-6-19(34-2)12-20(17)35-3/h4-7,12-13,16H,8-11,14-15H2,1-3H3,(H,32,33). The zero-order chi connectivity index (χ0) is 25.1. The molecule has 2 aliphatic rings. The van der Waals surface area contributed by atoms with Crippen LogP contribution in [0.2, 0.25) is 0 Å². The molecular formula is C24H29N5O6. The van der Waals surface area contributed by atoms with Gasteiger partial charge in [0.05, 0.1) is 32.6 Å². The Morgan fingerprint density at radius 3 is 2.54 bits per heavy atom. The van der Waals surface area contributed by atoms with E-state index in [-0.39, 0.29) is 31.5 Å². The van der Waals surface area contributed by atoms with E-state index in [2.05, 4.69) is 4.98 Å². The fourth-order valence-electron chi connectivity index (χ4n) is 4.42. The van der Waals surface area contributed by atoms with Crippen molar-refractivity contribution in [3.8, 4) is 11.5 Å². The van der Waals surface area contributed by atoms with Crippen LogP contribution in [0.1, 0.15) is 18.9 Å². The Kier molecular flexibility index (Phi) is 6.94. The number of nitrogens with zero attached hydrogens (tertiary/aromatic N) is 5. The summed E-state index contributed by atoms with van der Waals surface area (Å²) in [4.78, 5) is 47.9. The Morgan fingerprint density at radius 2 is 1.91 bits per heavy atom. The predicted molar refractivity (Wildman–Crippen MR) is 128 cm³/mol. The molecule has 35 heavy (non-hydrogen) atoms. The molecule has 4 amide bonds. The maximum absolute atomic E-state index is 13.3. The SMILES string of the molecule is COc1ccc(CN2C(=O)CCN(c3ccc(N4CCN(C(=O)O)CC4C)nc3)C2=O)c(OC)c1. The molecule has 0 aliphatic carbocycles. The molecule has 2 aromatic rings. The topological polar surface area (TPSA) is 116 Å². The summed E-state index contributed by atoms with van der Waals surface area (Å²) in [6.07, 6.45) is 0.890. The molecule has 11 heteroatoms. The van der Waals surface area contributed by atoms with Gasteiger partial charge in [-0.1, -0.05) is 0 Å². The monoisotopic (exact) mass is 483 g/mol. The van der Waals surface area contributed by atoms with Crippen LogP contribution in [0.15, 0.2) is 36.5 Å². The number of amides is 4. The van der Waals surface area contributed by atoms with Gasteiger partial charge in [-0.05, 0) is 31.2 Å². The quantitative estimate of drug-likeness (QED) is 0.667. The van der Waals surface area contributed by atoms with E-state index >= 15 is 0 Å². The van der Waals surface area contributed by atoms with Crippen LogP contribution < -0.4 is 19.3 Å². The molecule has 0 bridgehead atoms. The molecule has 3 heterocycles. The number of pyridine rings is 1. The zero-order valence-electron chi connectivity index (χ0n) is 20.0. The normalized spacial score (nSPS) is 18.7. The second kappa shape index (κ2) is 10.1. The van der Waals surface area contributed by atoms with Crippen LogP contribution >= 0.6 is 0 Å². The van der Waals surface area contributed by atoms with Crippen molar-refractivity contribution in [3.05, 3.63) is 42.1 Å². The van der Waals surface area contributed by atoms with Gasteiger partial charge in [0.1, 0.15) is 17.3 Å². The molecule has 4 rings (SSSR count). The molecule has 186 valence electrons. The molecule has 0 radical (unpaired) electrons. The fourth-order valence-corrected chi connectivity index (χ4v) is 4.42. The average molecular weight is 484 g/mol. The Hall–Kier alpha value is -4.02. The van der Waals surface area contributed by atoms with E-state index in [1.807, 2.05) is 17.9 Å². The summed E-state index contributed by atoms with van der Waals surface area (Å²) in [6, 6.07) is 8.43. The number of aromatic nitrogens is 1. The lowest BCUT2D eigenvalue weighted by atomic mass is 10.1. The van der Waals surface area contributed by atoms with Crippen LogP contribution in [0.3, 0.4) is 0 Å². The Bertz CT molecular complexity index is 1110. The van der Waals surface area contributed by atoms with Crippen LogP contribution in [-0.4, -0.2) is 84.4 Å². The van der Waals surface area contributed by atoms with E-state index < -0.39 is 12.1 Å². The van der Waals surface area contributed by atoms with Crippen LogP contribution in [0, 0.1) is 0 Å². The van der Waals surface area contributed by atoms with Gasteiger partial charge >= 0.3 is 12.1 Å². The van der Waals surface area contributed by atoms with Crippen LogP contribution in [-0.2, 0) is 11.3 Å². The van der Waals surface area contributed by atoms with Gasteiger partial charge in [0.25, 0.3) is 0 Å². The second-order valence-electron chi connectivity index (χ2n) is 8.49. The molecule has 0 saturated carbocycles. The van der Waals surface area contributed by atoms with Gasteiger partial charge in [-0.25, -0.2) is 14.6 Å². The third-order valence-corrected chi connectivity index (χ3v) is 6.37. The number of methoxy groups -OCH3 is 2. The van der Waals surface area contributed by atoms with Gasteiger partial charge in [-0.15, -0.1) is 0 Å². The largest absolute Gasteiger partial charge is 0.497 e. The van der Waals surface area contributed by atoms with E-state index in [9.17, 15) is 19.5 Å². The summed E-state index contributed by atoms with van der Waals surface area (Å²) in [7, 11) is 3.08. The molecule has 1 aromatic heterocycles. The number of hydrogen-bond acceptors (Lipinski definition) is 7. The number of imide groups is 1. The number of benzene rings is 1. The Balaban J connectivity index is 1.48. The Labute approximate surface area is 203 Å². The summed E-state index contributed by atoms with van der Waals surface area (Å²) in [5.41, 5.74) is 1.29. The fraction of sp³-hybridized carbons (Fsp3) is 0.417. The van der Waals surface area contributed by atoms with Crippen molar-refractivity contribution >= 4 is 29.5 Å². The molecule has 1 atom stereocenters. The first-order chi connectivity index (χ1) is 16.8. The lowest BCUT2D eigenvalue weighted by Gasteiger charge is -2.39. The van der Waals surface area contributed by atoms with Gasteiger partial charge in [-0.3, -0.25) is 14.6 Å². The van der Waals surface area contributed by atoms with Gasteiger partial charge in [0.15, 0.2) is 0 Å². The predicted octanol–water partition coefficient (Wildman–Crippen LogP) is 2.65. The maximum Gasteiger partial charge on any atom is 0.407 e. The lowest BCUT2D eigenvalue weighted by Crippen LogP contribution is -2.53. The van der Waals surface area contributed by atoms with Crippen molar-refractivity contribution in [2.24, 2.45) is 0 Å². The minimum Gasteiger partial charge on any atom is -0.497 e. The van der Waals surface area contributed by atoms with E-state index in [0.29, 0.717) is 48.2 Å². The van der Waals surface area contributed by atoms with Crippen molar-refractivity contribution in [1.29, 1.82) is 0 Å². The van der Waals surface area contributed by atoms with Gasteiger partial charge in [-0.2, -0.15) is 0 Å². The van der Waals surface area contributed by atoms with Gasteiger partial charge in [0.2, 0.25) is 5.91 Å². The first-order valence-electron chi connectivity index (χ1n) is 11.4. The van der Waals surface area contributed by atoms with Crippen LogP contribution in [0.4, 0.5) is 21.1 Å². The van der Waals surface area contributed by atoms with Crippen molar-refractivity contribution in [3.63, 3.8) is 0 Å². The number of hydrogen-bond donors (Lipinski definition) is 1. The highest BCUT2D eigenvalue weighted by molar-refractivity contribution is 6.05. The summed E-state index contributed by atoms with van der Waals surface area (Å²) >= 11 is 0. The minimum atomic E-state index is -0.922. The van der Waals surface area contributed by atoms with Gasteiger partial charge < -0.3 is 24.4 Å². The second-order valence-corrected chi connectivity index (χ2v) is 8.49. The van der Waals surface area contributed by atoms with Crippen molar-refractivity contribution < 1.29 is 29.0 Å². The van der Waals surface area contributed by atoms with Crippen molar-refractivity contribution in [1.82, 2.24) is 14.8 Å². The molecule has 11 nitrogen and oxygen atoms in total. The molecule has 1 aromatic carbocycles. The number of carbonyl (C=O) groups is 3. The van der Waals surface area contributed by atoms with Crippen LogP contribution in [0.5, 0.6) is 11.5 Å². The minimum absolute atomic E-state index is 0.0255. The maximum atomic E-state index is 13.3. The van der Waals surface area contributed by atoms with Crippen LogP contribution in [0.25, 0.3) is 0 Å². The number of carboxylic acid groups (broad SMARTS) is 1. The molecule has 0 spiro atoms. The Morgan fingerprint density at radius 1 is 1.11 bits per heavy atom. The highest BCUT2D eigenvalue weighted by Gasteiger charge is 2.34. The molecule has 2 saturated heterocycles. The molecule has 2 aliphatic heterocycles. The molecular weight excluding hydrogens is 454 g/mol. The summed E-state index contributed by atoms with van der Waals surface area (Å²) < 4.78 is 10.6. The molecule has 1 unspecified atom stereocenters. The van der Waals surface area contributed by atoms with Gasteiger partial charge in [0, 0.05) is 50.3 Å². The number of rotatable bonds is 6. The summed E-state index contributed by atoms with van der Waals surface area (Å²) in [6.45, 7) is 3.64. The number of urea groups is 1. The van der Waals surface area contributed by atoms with Crippen molar-refractivity contribution in [2.75, 3.05) is 50.2 Å². The number of ether oxygens (including phenoxy) is 2. The highest BCUT2D eigenvalue weighted by Crippen LogP contribution is 2.29. The number of anilines is 2. The molecule has 2 fully saturated rings. The smallest absolute Gasteiger partial charge is 0.407 e. The van der Waals surface area contributed by atoms with Crippen molar-refractivity contribution in [2.45, 2.75) is 25.9 Å². The van der Waals surface area contributed by atoms with E-state index in [1.54, 1.807) is 42.5 Å². The zero-order valence-corrected chi connectivity index (χ0v) is 20.0. The van der Waals surface area contributed by atoms with E-state index in [1.165, 1.54) is 16.9 Å². The van der Waals surface area contributed by atoms with E-state index in [0.717, 1.165) is 0 Å². The first kappa shape index (κ1) is 24.1. The summed E-state index contributed by atoms with van der Waals surface area (Å²) in [5.74, 6) is 1.61. The third-order valence-electron chi connectivity index (χ3n) is 6.37. The number of carbonyl (C=O) groups excluding carboxylic acids is 2. The lowest BCUT2D eigenvalue weighted by molar-refractivity contribution is -0.129. The number of piperazine rings is 1.